The monoisotopic (exact) mass is 181 g/mol. The molecule has 0 radical (unpaired) electrons. The van der Waals surface area contributed by atoms with Crippen molar-refractivity contribution in [2.45, 2.75) is 24.8 Å². The molecule has 1 aliphatic rings. The highest BCUT2D eigenvalue weighted by Gasteiger charge is 2.29. The summed E-state index contributed by atoms with van der Waals surface area (Å²) in [5.41, 5.74) is 7.09. The Morgan fingerprint density at radius 1 is 1.25 bits per heavy atom. The normalized spacial score (nSPS) is 28.2. The molecule has 0 bridgehead atoms. The second kappa shape index (κ2) is 3.08. The van der Waals surface area contributed by atoms with Crippen LogP contribution in [0.2, 0.25) is 5.02 Å². The van der Waals surface area contributed by atoms with Crippen LogP contribution in [0.3, 0.4) is 0 Å². The van der Waals surface area contributed by atoms with Crippen molar-refractivity contribution in [3.05, 3.63) is 34.9 Å². The van der Waals surface area contributed by atoms with Gasteiger partial charge in [0.2, 0.25) is 0 Å². The van der Waals surface area contributed by atoms with Crippen LogP contribution in [0.4, 0.5) is 0 Å². The molecule has 64 valence electrons. The first kappa shape index (κ1) is 8.09. The average molecular weight is 182 g/mol. The van der Waals surface area contributed by atoms with E-state index in [1.54, 1.807) is 0 Å². The maximum atomic E-state index is 6.04. The first-order valence-corrected chi connectivity index (χ1v) is 4.67. The molecule has 12 heavy (non-hydrogen) atoms. The highest BCUT2D eigenvalue weighted by molar-refractivity contribution is 6.31. The van der Waals surface area contributed by atoms with Gasteiger partial charge in [0.05, 0.1) is 0 Å². The molecule has 0 aliphatic heterocycles. The fraction of sp³-hybridized carbons (Fsp3) is 0.400. The lowest BCUT2D eigenvalue weighted by Crippen LogP contribution is -2.37. The summed E-state index contributed by atoms with van der Waals surface area (Å²) in [6.45, 7) is 0. The molecule has 0 amide bonds. The molecule has 1 nitrogen and oxygen atoms in total. The summed E-state index contributed by atoms with van der Waals surface area (Å²) < 4.78 is 0. The molecule has 0 unspecified atom stereocenters. The van der Waals surface area contributed by atoms with Crippen molar-refractivity contribution in [2.75, 3.05) is 0 Å². The lowest BCUT2D eigenvalue weighted by atomic mass is 9.76. The first-order chi connectivity index (χ1) is 5.79. The van der Waals surface area contributed by atoms with Crippen molar-refractivity contribution >= 4 is 11.6 Å². The quantitative estimate of drug-likeness (QED) is 0.708. The molecule has 2 rings (SSSR count). The van der Waals surface area contributed by atoms with Gasteiger partial charge in [-0.2, -0.15) is 0 Å². The molecule has 1 aliphatic carbocycles. The van der Waals surface area contributed by atoms with Gasteiger partial charge in [-0.05, 0) is 24.5 Å². The Kier molecular flexibility index (Phi) is 2.07. The van der Waals surface area contributed by atoms with E-state index < -0.39 is 0 Å². The summed E-state index contributed by atoms with van der Waals surface area (Å²) in [4.78, 5) is 0. The van der Waals surface area contributed by atoms with Crippen LogP contribution in [0.1, 0.15) is 24.3 Å². The lowest BCUT2D eigenvalue weighted by molar-refractivity contribution is 0.347. The Labute approximate surface area is 77.5 Å². The van der Waals surface area contributed by atoms with Crippen LogP contribution >= 0.6 is 11.6 Å². The van der Waals surface area contributed by atoms with Gasteiger partial charge in [-0.3, -0.25) is 0 Å². The van der Waals surface area contributed by atoms with Gasteiger partial charge in [-0.25, -0.2) is 0 Å². The zero-order valence-electron chi connectivity index (χ0n) is 6.83. The van der Waals surface area contributed by atoms with E-state index in [1.165, 1.54) is 12.0 Å². The van der Waals surface area contributed by atoms with Gasteiger partial charge in [0, 0.05) is 17.0 Å². The fourth-order valence-corrected chi connectivity index (χ4v) is 1.96. The molecule has 1 aromatic rings. The summed E-state index contributed by atoms with van der Waals surface area (Å²) >= 11 is 6.04. The number of hydrogen-bond donors (Lipinski definition) is 1. The number of rotatable bonds is 1. The molecule has 0 heterocycles. The van der Waals surface area contributed by atoms with E-state index in [-0.39, 0.29) is 0 Å². The smallest absolute Gasteiger partial charge is 0.0441 e. The molecule has 2 N–H and O–H groups in total. The molecule has 0 saturated heterocycles. The van der Waals surface area contributed by atoms with Crippen LogP contribution in [-0.2, 0) is 0 Å². The maximum Gasteiger partial charge on any atom is 0.0441 e. The van der Waals surface area contributed by atoms with E-state index in [2.05, 4.69) is 6.07 Å². The van der Waals surface area contributed by atoms with Crippen LogP contribution in [-0.4, -0.2) is 6.04 Å². The van der Waals surface area contributed by atoms with Crippen LogP contribution in [0.5, 0.6) is 0 Å². The Bertz CT molecular complexity index is 285. The number of benzene rings is 1. The van der Waals surface area contributed by atoms with E-state index >= 15 is 0 Å². The van der Waals surface area contributed by atoms with Gasteiger partial charge in [0.25, 0.3) is 0 Å². The molecule has 1 saturated carbocycles. The third-order valence-corrected chi connectivity index (χ3v) is 2.98. The fourth-order valence-electron chi connectivity index (χ4n) is 1.69. The number of halogens is 1. The Hall–Kier alpha value is -0.530. The lowest BCUT2D eigenvalue weighted by Gasteiger charge is -2.34. The van der Waals surface area contributed by atoms with E-state index in [4.69, 9.17) is 17.3 Å². The maximum absolute atomic E-state index is 6.04. The van der Waals surface area contributed by atoms with Gasteiger partial charge in [0.1, 0.15) is 0 Å². The van der Waals surface area contributed by atoms with Gasteiger partial charge in [-0.1, -0.05) is 29.8 Å². The third kappa shape index (κ3) is 1.23. The van der Waals surface area contributed by atoms with Crippen LogP contribution in [0.15, 0.2) is 24.3 Å². The number of nitrogens with two attached hydrogens (primary N) is 1. The van der Waals surface area contributed by atoms with Crippen molar-refractivity contribution in [3.63, 3.8) is 0 Å². The SMILES string of the molecule is N[C@H]1CC[C@@H]1c1ccccc1Cl. The van der Waals surface area contributed by atoms with E-state index in [9.17, 15) is 0 Å². The van der Waals surface area contributed by atoms with Crippen LogP contribution < -0.4 is 5.73 Å². The zero-order chi connectivity index (χ0) is 8.55. The minimum atomic E-state index is 0.324. The minimum absolute atomic E-state index is 0.324. The second-order valence-corrected chi connectivity index (χ2v) is 3.78. The summed E-state index contributed by atoms with van der Waals surface area (Å²) in [7, 11) is 0. The Morgan fingerprint density at radius 2 is 2.00 bits per heavy atom. The summed E-state index contributed by atoms with van der Waals surface area (Å²) in [6, 6.07) is 8.31. The van der Waals surface area contributed by atoms with Gasteiger partial charge >= 0.3 is 0 Å². The average Bonchev–Trinajstić information content (AvgIpc) is 2.06. The Morgan fingerprint density at radius 3 is 2.50 bits per heavy atom. The van der Waals surface area contributed by atoms with Crippen LogP contribution in [0, 0.1) is 0 Å². The van der Waals surface area contributed by atoms with E-state index in [1.807, 2.05) is 18.2 Å². The summed E-state index contributed by atoms with van der Waals surface area (Å²) in [5, 5.41) is 0.859. The molecule has 2 heteroatoms. The van der Waals surface area contributed by atoms with E-state index in [0.29, 0.717) is 12.0 Å². The molecule has 0 aromatic heterocycles. The zero-order valence-corrected chi connectivity index (χ0v) is 7.59. The summed E-state index contributed by atoms with van der Waals surface area (Å²) in [6.07, 6.45) is 2.32. The largest absolute Gasteiger partial charge is 0.327 e. The van der Waals surface area contributed by atoms with Gasteiger partial charge < -0.3 is 5.73 Å². The van der Waals surface area contributed by atoms with Crippen molar-refractivity contribution in [1.29, 1.82) is 0 Å². The van der Waals surface area contributed by atoms with Crippen molar-refractivity contribution in [2.24, 2.45) is 5.73 Å². The second-order valence-electron chi connectivity index (χ2n) is 3.37. The minimum Gasteiger partial charge on any atom is -0.327 e. The third-order valence-electron chi connectivity index (χ3n) is 2.63. The molecular weight excluding hydrogens is 170 g/mol. The highest BCUT2D eigenvalue weighted by Crippen LogP contribution is 2.38. The van der Waals surface area contributed by atoms with E-state index in [0.717, 1.165) is 11.4 Å². The molecule has 0 spiro atoms. The predicted molar refractivity (Wildman–Crippen MR) is 51.4 cm³/mol. The number of hydrogen-bond acceptors (Lipinski definition) is 1. The van der Waals surface area contributed by atoms with Gasteiger partial charge in [0.15, 0.2) is 0 Å². The molecule has 1 fully saturated rings. The molecular formula is C10H12ClN. The molecule has 1 aromatic carbocycles. The van der Waals surface area contributed by atoms with Crippen molar-refractivity contribution < 1.29 is 0 Å². The summed E-state index contributed by atoms with van der Waals surface area (Å²) in [5.74, 6) is 0.499. The van der Waals surface area contributed by atoms with Crippen molar-refractivity contribution in [1.82, 2.24) is 0 Å². The highest BCUT2D eigenvalue weighted by atomic mass is 35.5. The van der Waals surface area contributed by atoms with Crippen LogP contribution in [0.25, 0.3) is 0 Å². The predicted octanol–water partition coefficient (Wildman–Crippen LogP) is 2.54. The standard InChI is InChI=1S/C10H12ClN/c11-9-4-2-1-3-7(9)8-5-6-10(8)12/h1-4,8,10H,5-6,12H2/t8-,10+/m1/s1. The van der Waals surface area contributed by atoms with Gasteiger partial charge in [-0.15, -0.1) is 0 Å². The topological polar surface area (TPSA) is 26.0 Å². The molecule has 2 atom stereocenters. The Balaban J connectivity index is 2.27. The first-order valence-electron chi connectivity index (χ1n) is 4.29. The van der Waals surface area contributed by atoms with Crippen molar-refractivity contribution in [3.8, 4) is 0 Å².